The van der Waals surface area contributed by atoms with Gasteiger partial charge in [0.1, 0.15) is 5.75 Å². The quantitative estimate of drug-likeness (QED) is 0.707. The molecule has 1 aliphatic rings. The molecular weight excluding hydrogens is 370 g/mol. The van der Waals surface area contributed by atoms with Gasteiger partial charge in [0, 0.05) is 5.56 Å². The van der Waals surface area contributed by atoms with Gasteiger partial charge in [0.05, 0.1) is 33.5 Å². The summed E-state index contributed by atoms with van der Waals surface area (Å²) in [5.74, 6) is 2.28. The number of amides is 1. The van der Waals surface area contributed by atoms with E-state index >= 15 is 0 Å². The second kappa shape index (κ2) is 9.54. The van der Waals surface area contributed by atoms with E-state index in [1.165, 1.54) is 12.8 Å². The van der Waals surface area contributed by atoms with Crippen LogP contribution in [0.5, 0.6) is 23.0 Å². The molecule has 1 amide bonds. The molecule has 1 atom stereocenters. The number of methoxy groups -OCH3 is 3. The fourth-order valence-corrected chi connectivity index (χ4v) is 3.60. The summed E-state index contributed by atoms with van der Waals surface area (Å²) in [6.07, 6.45) is 4.96. The Labute approximate surface area is 172 Å². The minimum absolute atomic E-state index is 0.154. The van der Waals surface area contributed by atoms with Crippen LogP contribution in [0.15, 0.2) is 36.4 Å². The topological polar surface area (TPSA) is 66.0 Å². The summed E-state index contributed by atoms with van der Waals surface area (Å²) in [7, 11) is 4.70. The second-order valence-corrected chi connectivity index (χ2v) is 7.20. The second-order valence-electron chi connectivity index (χ2n) is 7.20. The maximum Gasteiger partial charge on any atom is 0.251 e. The molecule has 1 N–H and O–H groups in total. The van der Waals surface area contributed by atoms with Gasteiger partial charge in [-0.15, -0.1) is 0 Å². The van der Waals surface area contributed by atoms with Crippen molar-refractivity contribution in [2.75, 3.05) is 21.3 Å². The van der Waals surface area contributed by atoms with E-state index in [-0.39, 0.29) is 11.9 Å². The zero-order valence-electron chi connectivity index (χ0n) is 17.5. The molecule has 29 heavy (non-hydrogen) atoms. The minimum Gasteiger partial charge on any atom is -0.493 e. The monoisotopic (exact) mass is 399 g/mol. The van der Waals surface area contributed by atoms with Crippen LogP contribution in [0.2, 0.25) is 0 Å². The average Bonchev–Trinajstić information content (AvgIpc) is 3.25. The van der Waals surface area contributed by atoms with Crippen LogP contribution in [-0.2, 0) is 0 Å². The number of carbonyl (C=O) groups is 1. The smallest absolute Gasteiger partial charge is 0.251 e. The molecule has 156 valence electrons. The third-order valence-electron chi connectivity index (χ3n) is 5.26. The molecule has 1 saturated carbocycles. The van der Waals surface area contributed by atoms with E-state index in [1.54, 1.807) is 33.5 Å². The van der Waals surface area contributed by atoms with Gasteiger partial charge < -0.3 is 24.3 Å². The molecule has 0 radical (unpaired) electrons. The molecule has 6 nitrogen and oxygen atoms in total. The van der Waals surface area contributed by atoms with Gasteiger partial charge >= 0.3 is 0 Å². The van der Waals surface area contributed by atoms with Crippen molar-refractivity contribution < 1.29 is 23.7 Å². The summed E-state index contributed by atoms with van der Waals surface area (Å²) in [4.78, 5) is 12.7. The zero-order valence-corrected chi connectivity index (χ0v) is 17.5. The Kier molecular flexibility index (Phi) is 6.86. The Morgan fingerprint density at radius 3 is 2.07 bits per heavy atom. The molecule has 0 bridgehead atoms. The molecule has 2 aromatic carbocycles. The van der Waals surface area contributed by atoms with Crippen LogP contribution in [0.3, 0.4) is 0 Å². The van der Waals surface area contributed by atoms with E-state index in [1.807, 2.05) is 31.2 Å². The lowest BCUT2D eigenvalue weighted by atomic mass is 10.1. The van der Waals surface area contributed by atoms with Crippen LogP contribution >= 0.6 is 0 Å². The predicted molar refractivity (Wildman–Crippen MR) is 111 cm³/mol. The molecule has 2 aromatic rings. The van der Waals surface area contributed by atoms with Gasteiger partial charge in [0.15, 0.2) is 11.5 Å². The van der Waals surface area contributed by atoms with Crippen molar-refractivity contribution in [3.63, 3.8) is 0 Å². The number of ether oxygens (including phenoxy) is 4. The summed E-state index contributed by atoms with van der Waals surface area (Å²) in [5, 5.41) is 3.01. The Balaban J connectivity index is 1.68. The van der Waals surface area contributed by atoms with Gasteiger partial charge in [0.2, 0.25) is 5.75 Å². The van der Waals surface area contributed by atoms with Crippen molar-refractivity contribution in [1.82, 2.24) is 5.32 Å². The van der Waals surface area contributed by atoms with Crippen molar-refractivity contribution in [1.29, 1.82) is 0 Å². The lowest BCUT2D eigenvalue weighted by Crippen LogP contribution is -2.26. The summed E-state index contributed by atoms with van der Waals surface area (Å²) in [5.41, 5.74) is 1.44. The van der Waals surface area contributed by atoms with Crippen molar-refractivity contribution >= 4 is 5.91 Å². The molecule has 0 saturated heterocycles. The van der Waals surface area contributed by atoms with Crippen LogP contribution in [-0.4, -0.2) is 33.3 Å². The van der Waals surface area contributed by atoms with Gasteiger partial charge in [-0.1, -0.05) is 0 Å². The lowest BCUT2D eigenvalue weighted by Gasteiger charge is -2.19. The highest BCUT2D eigenvalue weighted by Crippen LogP contribution is 2.39. The summed E-state index contributed by atoms with van der Waals surface area (Å²) >= 11 is 0. The first-order valence-corrected chi connectivity index (χ1v) is 9.93. The summed E-state index contributed by atoms with van der Waals surface area (Å²) in [6.45, 7) is 1.91. The largest absolute Gasteiger partial charge is 0.493 e. The first-order valence-electron chi connectivity index (χ1n) is 9.93. The van der Waals surface area contributed by atoms with Gasteiger partial charge in [-0.05, 0) is 74.6 Å². The van der Waals surface area contributed by atoms with Crippen molar-refractivity contribution in [2.45, 2.75) is 44.8 Å². The predicted octanol–water partition coefficient (Wildman–Crippen LogP) is 4.52. The number of rotatable bonds is 8. The molecule has 3 rings (SSSR count). The van der Waals surface area contributed by atoms with E-state index in [2.05, 4.69) is 5.32 Å². The molecule has 0 aliphatic heterocycles. The highest BCUT2D eigenvalue weighted by Gasteiger charge is 2.19. The lowest BCUT2D eigenvalue weighted by molar-refractivity contribution is 0.0939. The van der Waals surface area contributed by atoms with Gasteiger partial charge in [-0.2, -0.15) is 0 Å². The molecule has 1 fully saturated rings. The van der Waals surface area contributed by atoms with Crippen LogP contribution in [0.25, 0.3) is 0 Å². The average molecular weight is 399 g/mol. The molecule has 0 aromatic heterocycles. The van der Waals surface area contributed by atoms with E-state index in [0.717, 1.165) is 24.2 Å². The van der Waals surface area contributed by atoms with Crippen LogP contribution < -0.4 is 24.3 Å². The third-order valence-corrected chi connectivity index (χ3v) is 5.26. The highest BCUT2D eigenvalue weighted by molar-refractivity contribution is 5.94. The molecule has 0 spiro atoms. The fourth-order valence-electron chi connectivity index (χ4n) is 3.60. The molecular formula is C23H29NO5. The van der Waals surface area contributed by atoms with Crippen molar-refractivity contribution in [3.05, 3.63) is 47.5 Å². The number of hydrogen-bond acceptors (Lipinski definition) is 5. The third kappa shape index (κ3) is 4.94. The Hall–Kier alpha value is -2.89. The maximum absolute atomic E-state index is 12.7. The Morgan fingerprint density at radius 1 is 0.966 bits per heavy atom. The first kappa shape index (κ1) is 20.8. The van der Waals surface area contributed by atoms with E-state index in [4.69, 9.17) is 18.9 Å². The Morgan fingerprint density at radius 2 is 1.55 bits per heavy atom. The normalized spacial score (nSPS) is 14.9. The fraction of sp³-hybridized carbons (Fsp3) is 0.435. The molecule has 0 heterocycles. The van der Waals surface area contributed by atoms with Gasteiger partial charge in [-0.3, -0.25) is 4.79 Å². The number of benzene rings is 2. The zero-order chi connectivity index (χ0) is 20.8. The Bertz CT molecular complexity index is 803. The summed E-state index contributed by atoms with van der Waals surface area (Å²) in [6, 6.07) is 10.7. The van der Waals surface area contributed by atoms with Gasteiger partial charge in [0.25, 0.3) is 5.91 Å². The molecule has 6 heteroatoms. The van der Waals surface area contributed by atoms with E-state index < -0.39 is 0 Å². The SMILES string of the molecule is COc1cc(C(C)NC(=O)c2ccc(OC3CCCC3)cc2)cc(OC)c1OC. The van der Waals surface area contributed by atoms with Gasteiger partial charge in [-0.25, -0.2) is 0 Å². The van der Waals surface area contributed by atoms with Crippen LogP contribution in [0.4, 0.5) is 0 Å². The van der Waals surface area contributed by atoms with Crippen molar-refractivity contribution in [2.24, 2.45) is 0 Å². The summed E-state index contributed by atoms with van der Waals surface area (Å²) < 4.78 is 22.1. The first-order chi connectivity index (χ1) is 14.0. The standard InChI is InChI=1S/C23H29NO5/c1-15(17-13-20(26-2)22(28-4)21(14-17)27-3)24-23(25)16-9-11-19(12-10-16)29-18-7-5-6-8-18/h9-15,18H,5-8H2,1-4H3,(H,24,25). The maximum atomic E-state index is 12.7. The minimum atomic E-state index is -0.245. The van der Waals surface area contributed by atoms with Crippen LogP contribution in [0.1, 0.15) is 54.6 Å². The number of carbonyl (C=O) groups excluding carboxylic acids is 1. The van der Waals surface area contributed by atoms with Crippen LogP contribution in [0, 0.1) is 0 Å². The van der Waals surface area contributed by atoms with E-state index in [0.29, 0.717) is 28.9 Å². The molecule has 1 aliphatic carbocycles. The van der Waals surface area contributed by atoms with E-state index in [9.17, 15) is 4.79 Å². The molecule has 1 unspecified atom stereocenters. The number of nitrogens with one attached hydrogen (secondary N) is 1. The number of hydrogen-bond donors (Lipinski definition) is 1. The van der Waals surface area contributed by atoms with Crippen molar-refractivity contribution in [3.8, 4) is 23.0 Å². The highest BCUT2D eigenvalue weighted by atomic mass is 16.5.